The highest BCUT2D eigenvalue weighted by atomic mass is 16.6. The lowest BCUT2D eigenvalue weighted by Gasteiger charge is -2.30. The van der Waals surface area contributed by atoms with Crippen molar-refractivity contribution in [2.24, 2.45) is 11.8 Å². The number of carbonyl (C=O) groups excluding carboxylic acids is 4. The Morgan fingerprint density at radius 2 is 1.60 bits per heavy atom. The number of carboxylic acid groups (broad SMARTS) is 1. The molecule has 58 heavy (non-hydrogen) atoms. The van der Waals surface area contributed by atoms with Gasteiger partial charge in [-0.2, -0.15) is 0 Å². The topological polar surface area (TPSA) is 215 Å². The van der Waals surface area contributed by atoms with Crippen LogP contribution in [-0.2, 0) is 20.7 Å². The molecule has 0 bridgehead atoms. The van der Waals surface area contributed by atoms with Gasteiger partial charge >= 0.3 is 12.2 Å². The third-order valence-corrected chi connectivity index (χ3v) is 10.9. The third kappa shape index (κ3) is 10.8. The predicted octanol–water partition coefficient (Wildman–Crippen LogP) is 5.70. The third-order valence-electron chi connectivity index (χ3n) is 10.9. The molecule has 1 aliphatic heterocycles. The number of fused-ring (bicyclic) bond motifs is 1. The number of aromatic amines is 2. The molecule has 0 unspecified atom stereocenters. The van der Waals surface area contributed by atoms with Gasteiger partial charge in [-0.15, -0.1) is 0 Å². The van der Waals surface area contributed by atoms with Gasteiger partial charge in [-0.1, -0.05) is 30.3 Å². The number of aryl methyl sites for hydroxylation is 1. The highest BCUT2D eigenvalue weighted by molar-refractivity contribution is 5.99. The number of hydrogen-bond donors (Lipinski definition) is 7. The van der Waals surface area contributed by atoms with Crippen LogP contribution in [0.25, 0.3) is 22.0 Å². The summed E-state index contributed by atoms with van der Waals surface area (Å²) >= 11 is 0. The first-order valence-corrected chi connectivity index (χ1v) is 19.9. The highest BCUT2D eigenvalue weighted by Gasteiger charge is 2.31. The van der Waals surface area contributed by atoms with E-state index in [1.54, 1.807) is 24.3 Å². The van der Waals surface area contributed by atoms with Crippen molar-refractivity contribution >= 4 is 46.5 Å². The maximum absolute atomic E-state index is 13.8. The molecule has 2 heterocycles. The second-order valence-corrected chi connectivity index (χ2v) is 16.4. The molecule has 15 heteroatoms. The minimum absolute atomic E-state index is 0.0884. The Morgan fingerprint density at radius 3 is 2.26 bits per heavy atom. The van der Waals surface area contributed by atoms with Gasteiger partial charge in [0.2, 0.25) is 11.8 Å². The quantitative estimate of drug-likeness (QED) is 0.0998. The monoisotopic (exact) mass is 795 g/mol. The van der Waals surface area contributed by atoms with Crippen LogP contribution in [-0.4, -0.2) is 87.4 Å². The van der Waals surface area contributed by atoms with Crippen molar-refractivity contribution in [3.8, 4) is 11.1 Å². The maximum atomic E-state index is 13.8. The Kier molecular flexibility index (Phi) is 12.9. The van der Waals surface area contributed by atoms with E-state index in [1.807, 2.05) is 64.1 Å². The molecular formula is C43H53N7O8. The predicted molar refractivity (Wildman–Crippen MR) is 220 cm³/mol. The van der Waals surface area contributed by atoms with E-state index in [-0.39, 0.29) is 41.7 Å². The molecule has 1 atom stereocenters. The van der Waals surface area contributed by atoms with Crippen LogP contribution in [0.4, 0.5) is 15.3 Å². The van der Waals surface area contributed by atoms with Crippen LogP contribution in [0.2, 0.25) is 0 Å². The van der Waals surface area contributed by atoms with Crippen molar-refractivity contribution in [3.05, 3.63) is 87.7 Å². The smallest absolute Gasteiger partial charge is 0.407 e. The number of ether oxygens (including phenoxy) is 1. The lowest BCUT2D eigenvalue weighted by Crippen LogP contribution is -2.48. The number of H-pyrrole nitrogens is 2. The molecule has 308 valence electrons. The summed E-state index contributed by atoms with van der Waals surface area (Å²) in [4.78, 5) is 77.3. The van der Waals surface area contributed by atoms with Crippen LogP contribution in [0.1, 0.15) is 80.8 Å². The Balaban J connectivity index is 1.10. The molecule has 1 saturated heterocycles. The summed E-state index contributed by atoms with van der Waals surface area (Å²) in [5.41, 5.74) is 4.28. The number of benzene rings is 3. The van der Waals surface area contributed by atoms with Crippen molar-refractivity contribution in [2.75, 3.05) is 25.0 Å². The zero-order valence-electron chi connectivity index (χ0n) is 33.4. The number of rotatable bonds is 11. The second kappa shape index (κ2) is 18.0. The van der Waals surface area contributed by atoms with Crippen molar-refractivity contribution in [1.29, 1.82) is 0 Å². The summed E-state index contributed by atoms with van der Waals surface area (Å²) in [7, 11) is 0. The number of likely N-dealkylation sites (tertiary alicyclic amines) is 1. The minimum Gasteiger partial charge on any atom is -0.465 e. The molecular weight excluding hydrogens is 743 g/mol. The Morgan fingerprint density at radius 1 is 0.897 bits per heavy atom. The van der Waals surface area contributed by atoms with Crippen LogP contribution in [0.15, 0.2) is 65.5 Å². The van der Waals surface area contributed by atoms with E-state index in [0.29, 0.717) is 67.5 Å². The van der Waals surface area contributed by atoms with Crippen molar-refractivity contribution in [3.63, 3.8) is 0 Å². The van der Waals surface area contributed by atoms with Gasteiger partial charge in [0.05, 0.1) is 10.9 Å². The molecule has 1 aliphatic carbocycles. The Hall–Kier alpha value is -6.12. The summed E-state index contributed by atoms with van der Waals surface area (Å²) in [5.74, 6) is -0.867. The first kappa shape index (κ1) is 41.5. The summed E-state index contributed by atoms with van der Waals surface area (Å²) in [5, 5.41) is 26.8. The molecule has 4 aromatic rings. The van der Waals surface area contributed by atoms with Gasteiger partial charge in [0.15, 0.2) is 0 Å². The first-order valence-electron chi connectivity index (χ1n) is 19.9. The molecule has 2 aliphatic rings. The molecule has 6 rings (SSSR count). The zero-order chi connectivity index (χ0) is 41.6. The summed E-state index contributed by atoms with van der Waals surface area (Å²) in [6.45, 7) is 8.62. The maximum Gasteiger partial charge on any atom is 0.407 e. The minimum atomic E-state index is -0.944. The highest BCUT2D eigenvalue weighted by Crippen LogP contribution is 2.30. The molecule has 1 saturated carbocycles. The van der Waals surface area contributed by atoms with E-state index in [4.69, 9.17) is 4.74 Å². The average molecular weight is 796 g/mol. The molecule has 3 aromatic carbocycles. The van der Waals surface area contributed by atoms with Crippen molar-refractivity contribution in [1.82, 2.24) is 31.0 Å². The number of nitrogens with zero attached hydrogens (tertiary/aromatic N) is 1. The van der Waals surface area contributed by atoms with Crippen LogP contribution in [0.3, 0.4) is 0 Å². The van der Waals surface area contributed by atoms with Crippen molar-refractivity contribution < 1.29 is 33.8 Å². The second-order valence-electron chi connectivity index (χ2n) is 16.4. The van der Waals surface area contributed by atoms with Crippen LogP contribution >= 0.6 is 0 Å². The summed E-state index contributed by atoms with van der Waals surface area (Å²) in [6.07, 6.45) is 2.70. The number of hydrogen-bond acceptors (Lipinski definition) is 7. The number of amides is 5. The van der Waals surface area contributed by atoms with E-state index >= 15 is 0 Å². The Labute approximate surface area is 336 Å². The lowest BCUT2D eigenvalue weighted by atomic mass is 9.81. The van der Waals surface area contributed by atoms with E-state index in [1.165, 1.54) is 4.90 Å². The normalized spacial score (nSPS) is 17.9. The molecule has 2 fully saturated rings. The fraction of sp³-hybridized carbons (Fsp3) is 0.442. The van der Waals surface area contributed by atoms with Crippen LogP contribution in [0, 0.1) is 18.8 Å². The number of anilines is 1. The van der Waals surface area contributed by atoms with Gasteiger partial charge in [0, 0.05) is 49.3 Å². The number of nitrogens with one attached hydrogen (secondary N) is 6. The zero-order valence-corrected chi connectivity index (χ0v) is 33.4. The largest absolute Gasteiger partial charge is 0.465 e. The number of alkyl carbamates (subject to hydrolysis) is 1. The first-order chi connectivity index (χ1) is 27.6. The van der Waals surface area contributed by atoms with E-state index < -0.39 is 29.7 Å². The number of carbonyl (C=O) groups is 5. The average Bonchev–Trinajstić information content (AvgIpc) is 3.56. The number of piperidine rings is 1. The van der Waals surface area contributed by atoms with Gasteiger partial charge in [-0.3, -0.25) is 29.4 Å². The van der Waals surface area contributed by atoms with E-state index in [2.05, 4.69) is 31.5 Å². The van der Waals surface area contributed by atoms with Crippen LogP contribution < -0.4 is 26.8 Å². The van der Waals surface area contributed by atoms with Crippen LogP contribution in [0.5, 0.6) is 0 Å². The van der Waals surface area contributed by atoms with Gasteiger partial charge in [0.1, 0.15) is 11.6 Å². The molecule has 1 aromatic heterocycles. The van der Waals surface area contributed by atoms with E-state index in [0.717, 1.165) is 35.1 Å². The standard InChI is InChI=1S/C43H53N7O8/c1-25-21-30(38(52)45-31-17-19-50(20-18-31)42(56)57)13-15-33(25)28-9-5-26(6-10-28)22-36(40(54)46-32-14-16-34-35(23-32)48-49-39(34)53)47-37(51)29-11-7-27(8-12-29)24-44-41(55)58-43(2,3)4/h5-6,9-10,13-16,21,23,27,29,31,36H,7-8,11-12,17-20,22,24H2,1-4H3,(H,44,55)(H,45,52)(H,46,54)(H,47,51)(H,56,57)(H2,48,49,53)/t27-,29-,36-/m0/s1. The molecule has 0 radical (unpaired) electrons. The molecule has 15 nitrogen and oxygen atoms in total. The fourth-order valence-electron chi connectivity index (χ4n) is 7.68. The number of aromatic nitrogens is 2. The van der Waals surface area contributed by atoms with Crippen molar-refractivity contribution in [2.45, 2.75) is 90.3 Å². The Bertz CT molecular complexity index is 2190. The fourth-order valence-corrected chi connectivity index (χ4v) is 7.68. The van der Waals surface area contributed by atoms with E-state index in [9.17, 15) is 33.9 Å². The summed E-state index contributed by atoms with van der Waals surface area (Å²) in [6, 6.07) is 17.2. The molecule has 7 N–H and O–H groups in total. The molecule has 5 amide bonds. The molecule has 0 spiro atoms. The van der Waals surface area contributed by atoms with Gasteiger partial charge in [0.25, 0.3) is 11.5 Å². The SMILES string of the molecule is Cc1cc(C(=O)NC2CCN(C(=O)O)CC2)ccc1-c1ccc(C[C@H](NC(=O)[C@H]2CC[C@H](CNC(=O)OC(C)(C)C)CC2)C(=O)Nc2ccc3c(=O)[nH][nH]c3c2)cc1. The summed E-state index contributed by atoms with van der Waals surface area (Å²) < 4.78 is 5.35. The van der Waals surface area contributed by atoms with Gasteiger partial charge < -0.3 is 36.0 Å². The lowest BCUT2D eigenvalue weighted by molar-refractivity contribution is -0.130. The van der Waals surface area contributed by atoms with Gasteiger partial charge in [-0.25, -0.2) is 9.59 Å². The van der Waals surface area contributed by atoms with Gasteiger partial charge in [-0.05, 0) is 125 Å².